The number of ether oxygens (including phenoxy) is 1. The van der Waals surface area contributed by atoms with Crippen molar-refractivity contribution in [3.05, 3.63) is 0 Å². The van der Waals surface area contributed by atoms with Crippen LogP contribution in [-0.2, 0) is 9.53 Å². The zero-order chi connectivity index (χ0) is 18.3. The maximum absolute atomic E-state index is 12.1. The highest BCUT2D eigenvalue weighted by Crippen LogP contribution is 2.12. The normalized spacial score (nSPS) is 15.6. The summed E-state index contributed by atoms with van der Waals surface area (Å²) in [7, 11) is 3.40. The molecule has 1 saturated heterocycles. The highest BCUT2D eigenvalue weighted by Gasteiger charge is 2.24. The van der Waals surface area contributed by atoms with Gasteiger partial charge in [-0.3, -0.25) is 4.79 Å². The molecule has 0 aliphatic carbocycles. The monoisotopic (exact) mass is 342 g/mol. The van der Waals surface area contributed by atoms with Gasteiger partial charge in [0.15, 0.2) is 0 Å². The van der Waals surface area contributed by atoms with Crippen LogP contribution in [0.5, 0.6) is 0 Å². The van der Waals surface area contributed by atoms with Crippen molar-refractivity contribution in [2.75, 3.05) is 33.7 Å². The van der Waals surface area contributed by atoms with E-state index in [1.807, 2.05) is 0 Å². The van der Waals surface area contributed by atoms with E-state index in [1.54, 1.807) is 39.8 Å². The SMILES string of the molecule is CN(C)C(=O)NC1CCN(C(=O)CCNC(=O)OC(C)(C)C)CC1. The third kappa shape index (κ3) is 7.52. The lowest BCUT2D eigenvalue weighted by Crippen LogP contribution is -2.49. The Morgan fingerprint density at radius 3 is 2.25 bits per heavy atom. The first-order valence-corrected chi connectivity index (χ1v) is 8.31. The van der Waals surface area contributed by atoms with Gasteiger partial charge < -0.3 is 25.2 Å². The summed E-state index contributed by atoms with van der Waals surface area (Å²) in [6.45, 7) is 6.85. The summed E-state index contributed by atoms with van der Waals surface area (Å²) in [6, 6.07) is -0.00910. The number of hydrogen-bond donors (Lipinski definition) is 2. The molecular weight excluding hydrogens is 312 g/mol. The predicted octanol–water partition coefficient (Wildman–Crippen LogP) is 1.16. The molecule has 138 valence electrons. The van der Waals surface area contributed by atoms with Gasteiger partial charge in [-0.05, 0) is 33.6 Å². The summed E-state index contributed by atoms with van der Waals surface area (Å²) in [4.78, 5) is 38.5. The highest BCUT2D eigenvalue weighted by atomic mass is 16.6. The minimum Gasteiger partial charge on any atom is -0.444 e. The number of carbonyl (C=O) groups is 3. The van der Waals surface area contributed by atoms with Crippen molar-refractivity contribution in [2.45, 2.75) is 51.7 Å². The largest absolute Gasteiger partial charge is 0.444 e. The summed E-state index contributed by atoms with van der Waals surface area (Å²) < 4.78 is 5.12. The fourth-order valence-electron chi connectivity index (χ4n) is 2.32. The molecule has 0 saturated carbocycles. The van der Waals surface area contributed by atoms with Crippen molar-refractivity contribution in [1.29, 1.82) is 0 Å². The second-order valence-electron chi connectivity index (χ2n) is 7.18. The number of rotatable bonds is 4. The van der Waals surface area contributed by atoms with Gasteiger partial charge in [-0.2, -0.15) is 0 Å². The van der Waals surface area contributed by atoms with Crippen molar-refractivity contribution >= 4 is 18.0 Å². The number of hydrogen-bond acceptors (Lipinski definition) is 4. The van der Waals surface area contributed by atoms with Gasteiger partial charge in [0.2, 0.25) is 5.91 Å². The van der Waals surface area contributed by atoms with Crippen LogP contribution in [0.3, 0.4) is 0 Å². The first-order chi connectivity index (χ1) is 11.1. The van der Waals surface area contributed by atoms with E-state index in [0.717, 1.165) is 12.8 Å². The molecular formula is C16H30N4O4. The van der Waals surface area contributed by atoms with Crippen LogP contribution in [0.2, 0.25) is 0 Å². The van der Waals surface area contributed by atoms with Crippen molar-refractivity contribution in [3.63, 3.8) is 0 Å². The molecule has 1 aliphatic heterocycles. The third-order valence-electron chi connectivity index (χ3n) is 3.59. The van der Waals surface area contributed by atoms with Gasteiger partial charge in [0.25, 0.3) is 0 Å². The van der Waals surface area contributed by atoms with Crippen molar-refractivity contribution < 1.29 is 19.1 Å². The molecule has 2 N–H and O–H groups in total. The van der Waals surface area contributed by atoms with Crippen LogP contribution in [0.4, 0.5) is 9.59 Å². The molecule has 8 nitrogen and oxygen atoms in total. The van der Waals surface area contributed by atoms with Gasteiger partial charge in [0.05, 0.1) is 0 Å². The van der Waals surface area contributed by atoms with Crippen molar-refractivity contribution in [1.82, 2.24) is 20.4 Å². The minimum absolute atomic E-state index is 0.00319. The molecule has 4 amide bonds. The van der Waals surface area contributed by atoms with Gasteiger partial charge in [-0.1, -0.05) is 0 Å². The summed E-state index contributed by atoms with van der Waals surface area (Å²) in [5, 5.41) is 5.52. The fourth-order valence-corrected chi connectivity index (χ4v) is 2.32. The Kier molecular flexibility index (Phi) is 7.31. The van der Waals surface area contributed by atoms with Crippen molar-refractivity contribution in [2.24, 2.45) is 0 Å². The molecule has 0 aromatic heterocycles. The molecule has 0 aromatic rings. The molecule has 0 bridgehead atoms. The van der Waals surface area contributed by atoms with E-state index < -0.39 is 11.7 Å². The number of carbonyl (C=O) groups excluding carboxylic acids is 3. The minimum atomic E-state index is -0.549. The molecule has 0 spiro atoms. The molecule has 1 fully saturated rings. The van der Waals surface area contributed by atoms with E-state index in [4.69, 9.17) is 4.74 Å². The van der Waals surface area contributed by atoms with Crippen LogP contribution in [-0.4, -0.2) is 73.2 Å². The second-order valence-corrected chi connectivity index (χ2v) is 7.18. The van der Waals surface area contributed by atoms with Crippen LogP contribution in [0.15, 0.2) is 0 Å². The lowest BCUT2D eigenvalue weighted by Gasteiger charge is -2.33. The first-order valence-electron chi connectivity index (χ1n) is 8.31. The first kappa shape index (κ1) is 20.1. The Balaban J connectivity index is 2.24. The number of nitrogens with zero attached hydrogens (tertiary/aromatic N) is 2. The van der Waals surface area contributed by atoms with Gasteiger partial charge in [-0.15, -0.1) is 0 Å². The molecule has 1 aliphatic rings. The maximum atomic E-state index is 12.1. The van der Waals surface area contributed by atoms with E-state index in [2.05, 4.69) is 10.6 Å². The third-order valence-corrected chi connectivity index (χ3v) is 3.59. The molecule has 0 atom stereocenters. The van der Waals surface area contributed by atoms with Gasteiger partial charge >= 0.3 is 12.1 Å². The topological polar surface area (TPSA) is 91.0 Å². The van der Waals surface area contributed by atoms with Gasteiger partial charge in [0, 0.05) is 46.2 Å². The fraction of sp³-hybridized carbons (Fsp3) is 0.812. The standard InChI is InChI=1S/C16H30N4O4/c1-16(2,3)24-15(23)17-9-6-13(21)20-10-7-12(8-11-20)18-14(22)19(4)5/h12H,6-11H2,1-5H3,(H,17,23)(H,18,22). The van der Waals surface area contributed by atoms with E-state index in [1.165, 1.54) is 4.90 Å². The number of nitrogens with one attached hydrogen (secondary N) is 2. The van der Waals surface area contributed by atoms with Crippen molar-refractivity contribution in [3.8, 4) is 0 Å². The second kappa shape index (κ2) is 8.75. The summed E-state index contributed by atoms with van der Waals surface area (Å²) in [6.07, 6.45) is 1.21. The Hall–Kier alpha value is -1.99. The number of amides is 4. The molecule has 0 radical (unpaired) electrons. The number of piperidine rings is 1. The Labute approximate surface area is 143 Å². The van der Waals surface area contributed by atoms with E-state index >= 15 is 0 Å². The van der Waals surface area contributed by atoms with Gasteiger partial charge in [-0.25, -0.2) is 9.59 Å². The Bertz CT molecular complexity index is 451. The van der Waals surface area contributed by atoms with Crippen LogP contribution < -0.4 is 10.6 Å². The summed E-state index contributed by atoms with van der Waals surface area (Å²) in [5.41, 5.74) is -0.549. The quantitative estimate of drug-likeness (QED) is 0.802. The predicted molar refractivity (Wildman–Crippen MR) is 90.7 cm³/mol. The lowest BCUT2D eigenvalue weighted by molar-refractivity contribution is -0.132. The Morgan fingerprint density at radius 1 is 1.17 bits per heavy atom. The van der Waals surface area contributed by atoms with E-state index in [0.29, 0.717) is 13.1 Å². The number of alkyl carbamates (subject to hydrolysis) is 1. The van der Waals surface area contributed by atoms with Crippen LogP contribution in [0.1, 0.15) is 40.0 Å². The summed E-state index contributed by atoms with van der Waals surface area (Å²) in [5.74, 6) is 0.00319. The molecule has 0 unspecified atom stereocenters. The summed E-state index contributed by atoms with van der Waals surface area (Å²) >= 11 is 0. The molecule has 24 heavy (non-hydrogen) atoms. The van der Waals surface area contributed by atoms with Crippen LogP contribution >= 0.6 is 0 Å². The van der Waals surface area contributed by atoms with Crippen LogP contribution in [0, 0.1) is 0 Å². The zero-order valence-electron chi connectivity index (χ0n) is 15.3. The molecule has 8 heteroatoms. The smallest absolute Gasteiger partial charge is 0.407 e. The average Bonchev–Trinajstić information content (AvgIpc) is 2.45. The maximum Gasteiger partial charge on any atom is 0.407 e. The highest BCUT2D eigenvalue weighted by molar-refractivity contribution is 5.77. The molecule has 0 aromatic carbocycles. The molecule has 1 heterocycles. The van der Waals surface area contributed by atoms with E-state index in [9.17, 15) is 14.4 Å². The molecule has 1 rings (SSSR count). The Morgan fingerprint density at radius 2 is 1.75 bits per heavy atom. The van der Waals surface area contributed by atoms with Gasteiger partial charge in [0.1, 0.15) is 5.60 Å². The lowest BCUT2D eigenvalue weighted by atomic mass is 10.0. The van der Waals surface area contributed by atoms with Crippen LogP contribution in [0.25, 0.3) is 0 Å². The average molecular weight is 342 g/mol. The number of likely N-dealkylation sites (tertiary alicyclic amines) is 1. The zero-order valence-corrected chi connectivity index (χ0v) is 15.3. The van der Waals surface area contributed by atoms with E-state index in [-0.39, 0.29) is 30.9 Å². The number of urea groups is 1.